The molecule has 4 aromatic carbocycles. The molecule has 1 unspecified atom stereocenters. The molecular weight excluding hydrogens is 723 g/mol. The first-order valence-electron chi connectivity index (χ1n) is 18.5. The normalized spacial score (nSPS) is 11.5. The lowest BCUT2D eigenvalue weighted by atomic mass is 10.00. The zero-order chi connectivity index (χ0) is 40.6. The number of phenols is 4. The molecule has 1 atom stereocenters. The Bertz CT molecular complexity index is 1990. The Morgan fingerprint density at radius 1 is 0.404 bits per heavy atom. The number of rotatable bonds is 16. The van der Waals surface area contributed by atoms with Crippen molar-refractivity contribution in [3.63, 3.8) is 0 Å². The minimum Gasteiger partial charge on any atom is -0.508 e. The van der Waals surface area contributed by atoms with Crippen LogP contribution in [0.4, 0.5) is 29.7 Å². The molecule has 0 saturated heterocycles. The van der Waals surface area contributed by atoms with E-state index in [0.717, 1.165) is 11.1 Å². The molecule has 0 bridgehead atoms. The molecule has 2 heterocycles. The predicted molar refractivity (Wildman–Crippen MR) is 222 cm³/mol. The summed E-state index contributed by atoms with van der Waals surface area (Å²) in [7, 11) is 9.29. The standard InChI is InChI=1S/C42H49N11O4/c1-28(23-29-15-7-11-19-33(29)54)37-43-38(49(2)24-30-16-8-12-20-34(30)55)45-39(44-37)52(5)27-53(6)42-47-40(50(3)25-31-17-9-13-21-35(31)56)46-41(48-42)51(4)26-32-18-10-14-22-36(32)57/h7-22,28,54-57H,23-27H2,1-6H3. The minimum absolute atomic E-state index is 0.173. The number of benzene rings is 4. The molecule has 15 heteroatoms. The summed E-state index contributed by atoms with van der Waals surface area (Å²) in [5, 5.41) is 42.0. The summed E-state index contributed by atoms with van der Waals surface area (Å²) in [6.07, 6.45) is 0.501. The van der Waals surface area contributed by atoms with Gasteiger partial charge in [0, 0.05) is 77.5 Å². The van der Waals surface area contributed by atoms with E-state index in [4.69, 9.17) is 29.9 Å². The van der Waals surface area contributed by atoms with Crippen LogP contribution in [-0.4, -0.2) is 92.2 Å². The Hall–Kier alpha value is -6.90. The van der Waals surface area contributed by atoms with Crippen molar-refractivity contribution in [3.8, 4) is 23.0 Å². The lowest BCUT2D eigenvalue weighted by molar-refractivity contribution is 0.465. The van der Waals surface area contributed by atoms with E-state index in [2.05, 4.69) is 0 Å². The van der Waals surface area contributed by atoms with Gasteiger partial charge >= 0.3 is 0 Å². The SMILES string of the molecule is CC(Cc1ccccc1O)c1nc(N(C)Cc2ccccc2O)nc(N(C)CN(C)c2nc(N(C)Cc3ccccc3O)nc(N(C)Cc3ccccc3O)n2)n1. The van der Waals surface area contributed by atoms with Crippen LogP contribution in [0.25, 0.3) is 0 Å². The summed E-state index contributed by atoms with van der Waals surface area (Å²) >= 11 is 0. The molecule has 15 nitrogen and oxygen atoms in total. The van der Waals surface area contributed by atoms with Gasteiger partial charge in [-0.1, -0.05) is 79.7 Å². The molecule has 0 saturated carbocycles. The van der Waals surface area contributed by atoms with Crippen molar-refractivity contribution in [2.45, 2.75) is 38.9 Å². The van der Waals surface area contributed by atoms with Gasteiger partial charge in [0.25, 0.3) is 0 Å². The highest BCUT2D eigenvalue weighted by molar-refractivity contribution is 5.49. The number of anilines is 5. The first kappa shape index (κ1) is 39.8. The first-order chi connectivity index (χ1) is 27.4. The van der Waals surface area contributed by atoms with Gasteiger partial charge in [0.15, 0.2) is 0 Å². The summed E-state index contributed by atoms with van der Waals surface area (Å²) in [6.45, 7) is 3.30. The van der Waals surface area contributed by atoms with Gasteiger partial charge in [-0.3, -0.25) is 0 Å². The summed E-state index contributed by atoms with van der Waals surface area (Å²) in [5.41, 5.74) is 2.93. The van der Waals surface area contributed by atoms with Crippen molar-refractivity contribution < 1.29 is 20.4 Å². The van der Waals surface area contributed by atoms with Gasteiger partial charge in [-0.2, -0.15) is 29.9 Å². The molecular formula is C42H49N11O4. The van der Waals surface area contributed by atoms with Gasteiger partial charge < -0.3 is 44.9 Å². The molecule has 6 rings (SSSR count). The first-order valence-corrected chi connectivity index (χ1v) is 18.5. The van der Waals surface area contributed by atoms with Crippen LogP contribution in [-0.2, 0) is 26.1 Å². The summed E-state index contributed by atoms with van der Waals surface area (Å²) in [5.74, 6) is 3.04. The van der Waals surface area contributed by atoms with Crippen LogP contribution in [0.3, 0.4) is 0 Å². The Kier molecular flexibility index (Phi) is 12.4. The molecule has 0 aliphatic carbocycles. The zero-order valence-corrected chi connectivity index (χ0v) is 33.1. The van der Waals surface area contributed by atoms with E-state index >= 15 is 0 Å². The fraction of sp³-hybridized carbons (Fsp3) is 0.286. The van der Waals surface area contributed by atoms with Gasteiger partial charge in [-0.25, -0.2) is 0 Å². The summed E-state index contributed by atoms with van der Waals surface area (Å²) in [6, 6.07) is 28.7. The Balaban J connectivity index is 1.31. The highest BCUT2D eigenvalue weighted by atomic mass is 16.3. The van der Waals surface area contributed by atoms with Gasteiger partial charge in [0.1, 0.15) is 28.8 Å². The maximum absolute atomic E-state index is 10.5. The predicted octanol–water partition coefficient (Wildman–Crippen LogP) is 5.66. The van der Waals surface area contributed by atoms with Crippen LogP contribution in [0.1, 0.15) is 40.9 Å². The number of phenolic OH excluding ortho intramolecular Hbond substituents is 4. The van der Waals surface area contributed by atoms with Gasteiger partial charge in [0.05, 0.1) is 6.67 Å². The lowest BCUT2D eigenvalue weighted by Crippen LogP contribution is -2.36. The van der Waals surface area contributed by atoms with Gasteiger partial charge in [-0.05, 0) is 36.2 Å². The van der Waals surface area contributed by atoms with Crippen LogP contribution in [0.15, 0.2) is 97.1 Å². The van der Waals surface area contributed by atoms with Crippen LogP contribution < -0.4 is 24.5 Å². The van der Waals surface area contributed by atoms with Crippen molar-refractivity contribution in [2.75, 3.05) is 66.4 Å². The molecule has 0 spiro atoms. The Morgan fingerprint density at radius 2 is 0.684 bits per heavy atom. The number of hydrogen-bond donors (Lipinski definition) is 4. The van der Waals surface area contributed by atoms with Crippen LogP contribution in [0, 0.1) is 0 Å². The van der Waals surface area contributed by atoms with Crippen LogP contribution in [0.5, 0.6) is 23.0 Å². The van der Waals surface area contributed by atoms with E-state index in [1.165, 1.54) is 0 Å². The van der Waals surface area contributed by atoms with E-state index in [1.54, 1.807) is 48.5 Å². The molecule has 0 amide bonds. The van der Waals surface area contributed by atoms with E-state index in [0.29, 0.717) is 72.7 Å². The molecule has 2 aromatic heterocycles. The van der Waals surface area contributed by atoms with Crippen LogP contribution in [0.2, 0.25) is 0 Å². The van der Waals surface area contributed by atoms with Crippen molar-refractivity contribution in [3.05, 3.63) is 125 Å². The van der Waals surface area contributed by atoms with E-state index in [-0.39, 0.29) is 35.6 Å². The van der Waals surface area contributed by atoms with E-state index < -0.39 is 0 Å². The number of para-hydroxylation sites is 4. The molecule has 0 aliphatic rings. The minimum atomic E-state index is -0.184. The number of aromatic nitrogens is 6. The lowest BCUT2D eigenvalue weighted by Gasteiger charge is -2.28. The van der Waals surface area contributed by atoms with Gasteiger partial charge in [-0.15, -0.1) is 0 Å². The number of aromatic hydroxyl groups is 4. The smallest absolute Gasteiger partial charge is 0.233 e. The number of nitrogens with zero attached hydrogens (tertiary/aromatic N) is 11. The fourth-order valence-electron chi connectivity index (χ4n) is 6.25. The topological polar surface area (TPSA) is 174 Å². The average molecular weight is 772 g/mol. The molecule has 6 aromatic rings. The monoisotopic (exact) mass is 771 g/mol. The number of hydrogen-bond acceptors (Lipinski definition) is 15. The van der Waals surface area contributed by atoms with Gasteiger partial charge in [0.2, 0.25) is 29.7 Å². The highest BCUT2D eigenvalue weighted by Gasteiger charge is 2.22. The largest absolute Gasteiger partial charge is 0.508 e. The molecule has 296 valence electrons. The molecule has 57 heavy (non-hydrogen) atoms. The summed E-state index contributed by atoms with van der Waals surface area (Å²) < 4.78 is 0. The van der Waals surface area contributed by atoms with Crippen molar-refractivity contribution in [1.82, 2.24) is 29.9 Å². The van der Waals surface area contributed by atoms with Crippen molar-refractivity contribution in [1.29, 1.82) is 0 Å². The second-order valence-corrected chi connectivity index (χ2v) is 14.3. The zero-order valence-electron chi connectivity index (χ0n) is 33.1. The maximum atomic E-state index is 10.5. The Morgan fingerprint density at radius 3 is 1.04 bits per heavy atom. The van der Waals surface area contributed by atoms with Crippen molar-refractivity contribution in [2.24, 2.45) is 0 Å². The van der Waals surface area contributed by atoms with E-state index in [9.17, 15) is 20.4 Å². The molecule has 4 N–H and O–H groups in total. The fourth-order valence-corrected chi connectivity index (χ4v) is 6.25. The van der Waals surface area contributed by atoms with Crippen LogP contribution >= 0.6 is 0 Å². The van der Waals surface area contributed by atoms with E-state index in [1.807, 2.05) is 115 Å². The molecule has 0 aliphatic heterocycles. The third-order valence-electron chi connectivity index (χ3n) is 9.52. The average Bonchev–Trinajstić information content (AvgIpc) is 3.20. The quantitative estimate of drug-likeness (QED) is 0.0887. The molecule has 0 fully saturated rings. The second kappa shape index (κ2) is 17.7. The third-order valence-corrected chi connectivity index (χ3v) is 9.52. The Labute approximate surface area is 332 Å². The van der Waals surface area contributed by atoms with Crippen molar-refractivity contribution >= 4 is 29.7 Å². The maximum Gasteiger partial charge on any atom is 0.233 e. The third kappa shape index (κ3) is 9.86. The molecule has 0 radical (unpaired) electrons. The summed E-state index contributed by atoms with van der Waals surface area (Å²) in [4.78, 5) is 38.4. The second-order valence-electron chi connectivity index (χ2n) is 14.3. The highest BCUT2D eigenvalue weighted by Crippen LogP contribution is 2.28.